The standard InChI is InChI=1S/C11H14BrN3/c1-13-4-3-8-5-11-10(6-9(8)12)14-7-15(11)2/h5-7,13H,3-4H2,1-2H3. The van der Waals surface area contributed by atoms with Crippen LogP contribution in [0.15, 0.2) is 22.9 Å². The molecule has 2 aromatic rings. The Kier molecular flexibility index (Phi) is 3.07. The molecule has 15 heavy (non-hydrogen) atoms. The molecule has 0 aliphatic rings. The van der Waals surface area contributed by atoms with Crippen molar-refractivity contribution in [2.24, 2.45) is 7.05 Å². The van der Waals surface area contributed by atoms with Gasteiger partial charge in [0.1, 0.15) is 0 Å². The molecule has 0 aliphatic heterocycles. The van der Waals surface area contributed by atoms with Crippen molar-refractivity contribution >= 4 is 27.0 Å². The first-order valence-electron chi connectivity index (χ1n) is 4.96. The minimum atomic E-state index is 0.988. The Hall–Kier alpha value is -0.870. The Morgan fingerprint density at radius 1 is 1.47 bits per heavy atom. The lowest BCUT2D eigenvalue weighted by Crippen LogP contribution is -2.10. The first-order chi connectivity index (χ1) is 7.22. The Balaban J connectivity index is 2.45. The van der Waals surface area contributed by atoms with Crippen molar-refractivity contribution in [2.75, 3.05) is 13.6 Å². The van der Waals surface area contributed by atoms with Crippen LogP contribution in [0.1, 0.15) is 5.56 Å². The van der Waals surface area contributed by atoms with E-state index in [1.807, 2.05) is 25.0 Å². The molecule has 0 saturated heterocycles. The predicted molar refractivity (Wildman–Crippen MR) is 66.0 cm³/mol. The molecule has 0 saturated carbocycles. The molecule has 4 heteroatoms. The summed E-state index contributed by atoms with van der Waals surface area (Å²) in [5, 5.41) is 3.16. The molecule has 1 aromatic carbocycles. The van der Waals surface area contributed by atoms with Crippen LogP contribution in [-0.4, -0.2) is 23.1 Å². The van der Waals surface area contributed by atoms with Gasteiger partial charge in [-0.2, -0.15) is 0 Å². The molecule has 0 amide bonds. The van der Waals surface area contributed by atoms with Gasteiger partial charge < -0.3 is 9.88 Å². The SMILES string of the molecule is CNCCc1cc2c(cc1Br)ncn2C. The lowest BCUT2D eigenvalue weighted by Gasteiger charge is -2.05. The number of hydrogen-bond donors (Lipinski definition) is 1. The summed E-state index contributed by atoms with van der Waals surface area (Å²) in [7, 11) is 3.99. The molecular formula is C11H14BrN3. The zero-order valence-corrected chi connectivity index (χ0v) is 10.5. The molecule has 0 unspecified atom stereocenters. The normalized spacial score (nSPS) is 11.1. The Bertz CT molecular complexity index is 476. The van der Waals surface area contributed by atoms with Gasteiger partial charge in [0, 0.05) is 11.5 Å². The van der Waals surface area contributed by atoms with Crippen LogP contribution >= 0.6 is 15.9 Å². The lowest BCUT2D eigenvalue weighted by molar-refractivity contribution is 0.790. The average Bonchev–Trinajstić information content (AvgIpc) is 2.57. The molecule has 0 aliphatic carbocycles. The lowest BCUT2D eigenvalue weighted by atomic mass is 10.1. The highest BCUT2D eigenvalue weighted by Gasteiger charge is 2.05. The summed E-state index contributed by atoms with van der Waals surface area (Å²) in [4.78, 5) is 4.32. The van der Waals surface area contributed by atoms with Crippen molar-refractivity contribution < 1.29 is 0 Å². The van der Waals surface area contributed by atoms with Gasteiger partial charge in [0.05, 0.1) is 17.4 Å². The van der Waals surface area contributed by atoms with E-state index >= 15 is 0 Å². The van der Waals surface area contributed by atoms with Crippen molar-refractivity contribution in [3.05, 3.63) is 28.5 Å². The fraction of sp³-hybridized carbons (Fsp3) is 0.364. The van der Waals surface area contributed by atoms with Gasteiger partial charge in [-0.05, 0) is 37.7 Å². The van der Waals surface area contributed by atoms with E-state index in [9.17, 15) is 0 Å². The monoisotopic (exact) mass is 267 g/mol. The quantitative estimate of drug-likeness (QED) is 0.923. The number of benzene rings is 1. The fourth-order valence-corrected chi connectivity index (χ4v) is 2.17. The van der Waals surface area contributed by atoms with Gasteiger partial charge in [-0.15, -0.1) is 0 Å². The van der Waals surface area contributed by atoms with E-state index in [4.69, 9.17) is 0 Å². The molecular weight excluding hydrogens is 254 g/mol. The maximum absolute atomic E-state index is 4.32. The van der Waals surface area contributed by atoms with Crippen LogP contribution in [0.3, 0.4) is 0 Å². The number of rotatable bonds is 3. The van der Waals surface area contributed by atoms with Crippen LogP contribution in [0.5, 0.6) is 0 Å². The number of hydrogen-bond acceptors (Lipinski definition) is 2. The van der Waals surface area contributed by atoms with E-state index in [0.717, 1.165) is 23.0 Å². The first kappa shape index (κ1) is 10.6. The molecule has 3 nitrogen and oxygen atoms in total. The van der Waals surface area contributed by atoms with E-state index in [0.29, 0.717) is 0 Å². The van der Waals surface area contributed by atoms with Crippen LogP contribution in [0.2, 0.25) is 0 Å². The number of nitrogens with one attached hydrogen (secondary N) is 1. The van der Waals surface area contributed by atoms with Crippen molar-refractivity contribution in [3.63, 3.8) is 0 Å². The van der Waals surface area contributed by atoms with Gasteiger partial charge in [0.15, 0.2) is 0 Å². The van der Waals surface area contributed by atoms with E-state index in [1.54, 1.807) is 0 Å². The van der Waals surface area contributed by atoms with E-state index < -0.39 is 0 Å². The maximum Gasteiger partial charge on any atom is 0.0955 e. The maximum atomic E-state index is 4.32. The molecule has 0 fully saturated rings. The highest BCUT2D eigenvalue weighted by atomic mass is 79.9. The number of nitrogens with zero attached hydrogens (tertiary/aromatic N) is 2. The summed E-state index contributed by atoms with van der Waals surface area (Å²) >= 11 is 3.58. The van der Waals surface area contributed by atoms with Crippen LogP contribution in [0.4, 0.5) is 0 Å². The molecule has 0 atom stereocenters. The number of fused-ring (bicyclic) bond motifs is 1. The molecule has 0 radical (unpaired) electrons. The van der Waals surface area contributed by atoms with E-state index in [-0.39, 0.29) is 0 Å². The van der Waals surface area contributed by atoms with Gasteiger partial charge in [-0.1, -0.05) is 15.9 Å². The second-order valence-corrected chi connectivity index (χ2v) is 4.50. The van der Waals surface area contributed by atoms with Crippen molar-refractivity contribution in [3.8, 4) is 0 Å². The van der Waals surface area contributed by atoms with Crippen molar-refractivity contribution in [1.29, 1.82) is 0 Å². The van der Waals surface area contributed by atoms with E-state index in [2.05, 4.69) is 38.4 Å². The van der Waals surface area contributed by atoms with Crippen LogP contribution in [-0.2, 0) is 13.5 Å². The largest absolute Gasteiger partial charge is 0.334 e. The summed E-state index contributed by atoms with van der Waals surface area (Å²) in [5.41, 5.74) is 3.54. The first-order valence-corrected chi connectivity index (χ1v) is 5.75. The summed E-state index contributed by atoms with van der Waals surface area (Å²) in [6.07, 6.45) is 2.87. The Morgan fingerprint density at radius 2 is 2.27 bits per heavy atom. The summed E-state index contributed by atoms with van der Waals surface area (Å²) in [5.74, 6) is 0. The fourth-order valence-electron chi connectivity index (χ4n) is 1.64. The van der Waals surface area contributed by atoms with Crippen LogP contribution < -0.4 is 5.32 Å². The zero-order valence-electron chi connectivity index (χ0n) is 8.92. The zero-order chi connectivity index (χ0) is 10.8. The highest BCUT2D eigenvalue weighted by molar-refractivity contribution is 9.10. The highest BCUT2D eigenvalue weighted by Crippen LogP contribution is 2.23. The molecule has 0 bridgehead atoms. The van der Waals surface area contributed by atoms with Crippen molar-refractivity contribution in [2.45, 2.75) is 6.42 Å². The smallest absolute Gasteiger partial charge is 0.0955 e. The number of likely N-dealkylation sites (N-methyl/N-ethyl adjacent to an activating group) is 1. The van der Waals surface area contributed by atoms with Crippen LogP contribution in [0.25, 0.3) is 11.0 Å². The van der Waals surface area contributed by atoms with E-state index in [1.165, 1.54) is 11.1 Å². The third-order valence-electron chi connectivity index (χ3n) is 2.54. The summed E-state index contributed by atoms with van der Waals surface area (Å²) in [6.45, 7) is 0.988. The minimum Gasteiger partial charge on any atom is -0.334 e. The Morgan fingerprint density at radius 3 is 3.00 bits per heavy atom. The molecule has 1 heterocycles. The van der Waals surface area contributed by atoms with Gasteiger partial charge in [0.25, 0.3) is 0 Å². The van der Waals surface area contributed by atoms with Gasteiger partial charge in [-0.3, -0.25) is 0 Å². The third-order valence-corrected chi connectivity index (χ3v) is 3.28. The number of halogens is 1. The average molecular weight is 268 g/mol. The molecule has 2 rings (SSSR count). The predicted octanol–water partition coefficient (Wildman–Crippen LogP) is 2.10. The molecule has 0 spiro atoms. The number of imidazole rings is 1. The minimum absolute atomic E-state index is 0.988. The molecule has 1 aromatic heterocycles. The summed E-state index contributed by atoms with van der Waals surface area (Å²) in [6, 6.07) is 4.28. The van der Waals surface area contributed by atoms with Gasteiger partial charge in [-0.25, -0.2) is 4.98 Å². The molecule has 80 valence electrons. The number of aromatic nitrogens is 2. The second kappa shape index (κ2) is 4.33. The second-order valence-electron chi connectivity index (χ2n) is 3.64. The summed E-state index contributed by atoms with van der Waals surface area (Å²) < 4.78 is 3.19. The number of aryl methyl sites for hydroxylation is 1. The topological polar surface area (TPSA) is 29.9 Å². The third kappa shape index (κ3) is 2.06. The van der Waals surface area contributed by atoms with Gasteiger partial charge >= 0.3 is 0 Å². The molecule has 1 N–H and O–H groups in total. The van der Waals surface area contributed by atoms with Gasteiger partial charge in [0.2, 0.25) is 0 Å². The Labute approximate surface area is 97.6 Å². The van der Waals surface area contributed by atoms with Crippen molar-refractivity contribution in [1.82, 2.24) is 14.9 Å². The van der Waals surface area contributed by atoms with Crippen LogP contribution in [0, 0.1) is 0 Å².